The average molecular weight is 247 g/mol. The molecule has 0 bridgehead atoms. The summed E-state index contributed by atoms with van der Waals surface area (Å²) in [6.45, 7) is 3.51. The quantitative estimate of drug-likeness (QED) is 0.720. The van der Waals surface area contributed by atoms with Crippen molar-refractivity contribution < 1.29 is 0 Å². The van der Waals surface area contributed by atoms with E-state index < -0.39 is 0 Å². The Kier molecular flexibility index (Phi) is 3.61. The van der Waals surface area contributed by atoms with E-state index in [2.05, 4.69) is 25.7 Å². The van der Waals surface area contributed by atoms with Gasteiger partial charge in [0, 0.05) is 25.9 Å². The van der Waals surface area contributed by atoms with Crippen LogP contribution in [0.25, 0.3) is 0 Å². The molecule has 0 saturated heterocycles. The number of hydrogen-bond donors (Lipinski definition) is 3. The van der Waals surface area contributed by atoms with Gasteiger partial charge in [0.1, 0.15) is 11.6 Å². The Bertz CT molecular complexity index is 520. The van der Waals surface area contributed by atoms with Crippen LogP contribution in [0.5, 0.6) is 0 Å². The normalized spacial score (nSPS) is 10.3. The lowest BCUT2D eigenvalue weighted by Crippen LogP contribution is -2.13. The maximum absolute atomic E-state index is 5.60. The van der Waals surface area contributed by atoms with Crippen molar-refractivity contribution in [1.29, 1.82) is 0 Å². The van der Waals surface area contributed by atoms with E-state index in [1.165, 1.54) is 0 Å². The first-order valence-electron chi connectivity index (χ1n) is 5.72. The number of nitrogens with zero attached hydrogens (tertiary/aromatic N) is 4. The van der Waals surface area contributed by atoms with Crippen molar-refractivity contribution >= 4 is 17.6 Å². The van der Waals surface area contributed by atoms with Gasteiger partial charge in [-0.2, -0.15) is 15.1 Å². The zero-order valence-electron chi connectivity index (χ0n) is 10.5. The van der Waals surface area contributed by atoms with Crippen molar-refractivity contribution in [3.05, 3.63) is 24.0 Å². The molecular formula is C11H17N7. The lowest BCUT2D eigenvalue weighted by atomic mass is 10.4. The van der Waals surface area contributed by atoms with E-state index in [-0.39, 0.29) is 5.95 Å². The summed E-state index contributed by atoms with van der Waals surface area (Å²) >= 11 is 0. The number of rotatable bonds is 5. The molecule has 2 heterocycles. The lowest BCUT2D eigenvalue weighted by molar-refractivity contribution is 0.636. The third-order valence-electron chi connectivity index (χ3n) is 2.41. The van der Waals surface area contributed by atoms with Crippen molar-refractivity contribution in [1.82, 2.24) is 19.7 Å². The SMILES string of the molecule is CNc1cc(NCCn2cc(C)cn2)nc(N)n1. The molecular weight excluding hydrogens is 230 g/mol. The molecule has 0 radical (unpaired) electrons. The van der Waals surface area contributed by atoms with Gasteiger partial charge >= 0.3 is 0 Å². The van der Waals surface area contributed by atoms with Crippen LogP contribution in [0.3, 0.4) is 0 Å². The summed E-state index contributed by atoms with van der Waals surface area (Å²) < 4.78 is 1.88. The Hall–Kier alpha value is -2.31. The fraction of sp³-hybridized carbons (Fsp3) is 0.364. The predicted octanol–water partition coefficient (Wildman–Crippen LogP) is 0.718. The van der Waals surface area contributed by atoms with Crippen LogP contribution in [-0.2, 0) is 6.54 Å². The fourth-order valence-electron chi connectivity index (χ4n) is 1.57. The van der Waals surface area contributed by atoms with Gasteiger partial charge in [0.25, 0.3) is 0 Å². The minimum Gasteiger partial charge on any atom is -0.373 e. The molecule has 0 aliphatic rings. The number of hydrogen-bond acceptors (Lipinski definition) is 6. The van der Waals surface area contributed by atoms with Crippen LogP contribution in [0.2, 0.25) is 0 Å². The molecule has 4 N–H and O–H groups in total. The zero-order chi connectivity index (χ0) is 13.0. The van der Waals surface area contributed by atoms with E-state index in [0.717, 1.165) is 18.7 Å². The third-order valence-corrected chi connectivity index (χ3v) is 2.41. The summed E-state index contributed by atoms with van der Waals surface area (Å²) in [6, 6.07) is 1.81. The highest BCUT2D eigenvalue weighted by molar-refractivity contribution is 5.50. The predicted molar refractivity (Wildman–Crippen MR) is 71.4 cm³/mol. The second-order valence-electron chi connectivity index (χ2n) is 3.95. The van der Waals surface area contributed by atoms with E-state index in [1.54, 1.807) is 7.05 Å². The molecule has 0 saturated carbocycles. The van der Waals surface area contributed by atoms with Crippen LogP contribution >= 0.6 is 0 Å². The molecule has 0 spiro atoms. The lowest BCUT2D eigenvalue weighted by Gasteiger charge is -2.08. The van der Waals surface area contributed by atoms with Gasteiger partial charge in [0.15, 0.2) is 0 Å². The number of aryl methyl sites for hydroxylation is 1. The Morgan fingerprint density at radius 3 is 2.78 bits per heavy atom. The molecule has 0 unspecified atom stereocenters. The minimum absolute atomic E-state index is 0.249. The van der Waals surface area contributed by atoms with Crippen LogP contribution in [0.1, 0.15) is 5.56 Å². The molecule has 2 aromatic rings. The average Bonchev–Trinajstić information content (AvgIpc) is 2.74. The summed E-state index contributed by atoms with van der Waals surface area (Å²) in [5.41, 5.74) is 6.75. The minimum atomic E-state index is 0.249. The molecule has 0 fully saturated rings. The highest BCUT2D eigenvalue weighted by Gasteiger charge is 2.00. The van der Waals surface area contributed by atoms with Crippen LogP contribution < -0.4 is 16.4 Å². The van der Waals surface area contributed by atoms with Crippen LogP contribution in [0.4, 0.5) is 17.6 Å². The molecule has 96 valence electrons. The number of anilines is 3. The largest absolute Gasteiger partial charge is 0.373 e. The Labute approximate surface area is 105 Å². The van der Waals surface area contributed by atoms with Gasteiger partial charge in [-0.3, -0.25) is 4.68 Å². The van der Waals surface area contributed by atoms with Gasteiger partial charge in [0.2, 0.25) is 5.95 Å². The number of nitrogens with two attached hydrogens (primary N) is 1. The summed E-state index contributed by atoms with van der Waals surface area (Å²) in [5.74, 6) is 1.65. The monoisotopic (exact) mass is 247 g/mol. The van der Waals surface area contributed by atoms with Gasteiger partial charge in [-0.1, -0.05) is 0 Å². The summed E-state index contributed by atoms with van der Waals surface area (Å²) in [5, 5.41) is 10.3. The fourth-order valence-corrected chi connectivity index (χ4v) is 1.57. The Morgan fingerprint density at radius 2 is 2.11 bits per heavy atom. The molecule has 7 heteroatoms. The molecule has 0 aliphatic carbocycles. The molecule has 0 aromatic carbocycles. The first kappa shape index (κ1) is 12.2. The van der Waals surface area contributed by atoms with E-state index in [9.17, 15) is 0 Å². The third kappa shape index (κ3) is 3.09. The zero-order valence-corrected chi connectivity index (χ0v) is 10.5. The summed E-state index contributed by atoms with van der Waals surface area (Å²) in [4.78, 5) is 8.12. The van der Waals surface area contributed by atoms with E-state index in [4.69, 9.17) is 5.73 Å². The first-order chi connectivity index (χ1) is 8.67. The molecule has 18 heavy (non-hydrogen) atoms. The standard InChI is InChI=1S/C11H17N7/c1-8-6-15-18(7-8)4-3-14-10-5-9(13-2)16-11(12)17-10/h5-7H,3-4H2,1-2H3,(H4,12,13,14,16,17). The molecule has 2 aromatic heterocycles. The van der Waals surface area contributed by atoms with Gasteiger partial charge in [-0.15, -0.1) is 0 Å². The molecule has 7 nitrogen and oxygen atoms in total. The van der Waals surface area contributed by atoms with Crippen molar-refractivity contribution in [3.8, 4) is 0 Å². The van der Waals surface area contributed by atoms with Crippen molar-refractivity contribution in [2.75, 3.05) is 30.0 Å². The van der Waals surface area contributed by atoms with E-state index >= 15 is 0 Å². The molecule has 0 amide bonds. The maximum atomic E-state index is 5.60. The van der Waals surface area contributed by atoms with Gasteiger partial charge in [-0.25, -0.2) is 0 Å². The first-order valence-corrected chi connectivity index (χ1v) is 5.72. The number of nitrogen functional groups attached to an aromatic ring is 1. The van der Waals surface area contributed by atoms with Crippen molar-refractivity contribution in [2.24, 2.45) is 0 Å². The van der Waals surface area contributed by atoms with Gasteiger partial charge in [-0.05, 0) is 12.5 Å². The highest BCUT2D eigenvalue weighted by Crippen LogP contribution is 2.11. The maximum Gasteiger partial charge on any atom is 0.223 e. The van der Waals surface area contributed by atoms with Gasteiger partial charge < -0.3 is 16.4 Å². The highest BCUT2D eigenvalue weighted by atomic mass is 15.3. The van der Waals surface area contributed by atoms with E-state index in [1.807, 2.05) is 30.1 Å². The second-order valence-corrected chi connectivity index (χ2v) is 3.95. The number of aromatic nitrogens is 4. The van der Waals surface area contributed by atoms with Crippen LogP contribution in [0.15, 0.2) is 18.5 Å². The molecule has 0 atom stereocenters. The Morgan fingerprint density at radius 1 is 1.33 bits per heavy atom. The second kappa shape index (κ2) is 5.35. The van der Waals surface area contributed by atoms with Crippen LogP contribution in [0, 0.1) is 6.92 Å². The summed E-state index contributed by atoms with van der Waals surface area (Å²) in [6.07, 6.45) is 3.83. The molecule has 2 rings (SSSR count). The van der Waals surface area contributed by atoms with Crippen molar-refractivity contribution in [3.63, 3.8) is 0 Å². The number of nitrogens with one attached hydrogen (secondary N) is 2. The summed E-state index contributed by atoms with van der Waals surface area (Å²) in [7, 11) is 1.79. The van der Waals surface area contributed by atoms with Crippen LogP contribution in [-0.4, -0.2) is 33.3 Å². The van der Waals surface area contributed by atoms with Gasteiger partial charge in [0.05, 0.1) is 12.7 Å². The topological polar surface area (TPSA) is 93.7 Å². The smallest absolute Gasteiger partial charge is 0.223 e. The Balaban J connectivity index is 1.91. The van der Waals surface area contributed by atoms with Crippen molar-refractivity contribution in [2.45, 2.75) is 13.5 Å². The van der Waals surface area contributed by atoms with E-state index in [0.29, 0.717) is 11.6 Å². The molecule has 0 aliphatic heterocycles.